The number of ether oxygens (including phenoxy) is 1. The molecular formula is C23H31N11O8S3. The molecule has 1 fully saturated rings. The summed E-state index contributed by atoms with van der Waals surface area (Å²) in [6.45, 7) is 5.46. The van der Waals surface area contributed by atoms with E-state index in [1.165, 1.54) is 28.2 Å². The van der Waals surface area contributed by atoms with Gasteiger partial charge in [-0.05, 0) is 36.8 Å². The van der Waals surface area contributed by atoms with E-state index in [4.69, 9.17) is 20.4 Å². The lowest BCUT2D eigenvalue weighted by atomic mass is 10.0. The Hall–Kier alpha value is -4.02. The number of carboxylic acid groups (broad SMARTS) is 1. The molecule has 45 heavy (non-hydrogen) atoms. The molecule has 2 aromatic heterocycles. The van der Waals surface area contributed by atoms with Gasteiger partial charge in [0.1, 0.15) is 29.3 Å². The van der Waals surface area contributed by atoms with Crippen molar-refractivity contribution in [1.29, 1.82) is 0 Å². The maximum atomic E-state index is 13.3. The third-order valence-corrected chi connectivity index (χ3v) is 8.75. The Kier molecular flexibility index (Phi) is 11.2. The highest BCUT2D eigenvalue weighted by molar-refractivity contribution is 8.01. The number of hydrogen-bond donors (Lipinski definition) is 5. The molecule has 2 aliphatic heterocycles. The molecule has 0 bridgehead atoms. The van der Waals surface area contributed by atoms with Crippen LogP contribution in [0.2, 0.25) is 0 Å². The summed E-state index contributed by atoms with van der Waals surface area (Å²) in [5.41, 5.74) is 5.01. The Balaban J connectivity index is 1.38. The molecule has 2 aromatic rings. The van der Waals surface area contributed by atoms with Crippen LogP contribution in [0.15, 0.2) is 21.6 Å². The van der Waals surface area contributed by atoms with Crippen molar-refractivity contribution in [2.45, 2.75) is 55.9 Å². The predicted octanol–water partition coefficient (Wildman–Crippen LogP) is -0.734. The monoisotopic (exact) mass is 685 g/mol. The van der Waals surface area contributed by atoms with E-state index in [9.17, 15) is 24.3 Å². The predicted molar refractivity (Wildman–Crippen MR) is 161 cm³/mol. The zero-order valence-electron chi connectivity index (χ0n) is 24.3. The van der Waals surface area contributed by atoms with Crippen molar-refractivity contribution < 1.29 is 39.0 Å². The topological polar surface area (TPSA) is 262 Å². The first-order valence-corrected chi connectivity index (χ1v) is 16.2. The molecular weight excluding hydrogens is 655 g/mol. The van der Waals surface area contributed by atoms with Gasteiger partial charge in [0.2, 0.25) is 16.7 Å². The number of nitrogens with one attached hydrogen (secondary N) is 2. The standard InChI is InChI=1S/C23H31N11O8S3/c1-23(2,3)42-22(40)25-5-4-8-41-29-12(15-27-20(24)45-30-15)16(36)26-13-17(37)34-14(19(38)39)11(9-43-18(13)34)10-44-21-28-31-32-33(21)6-7-35/h13,18,35H,4-10H2,1-3H3,(H,25,40)(H,26,36)(H,38,39)(H2,24,27,30)/b29-12+. The lowest BCUT2D eigenvalue weighted by molar-refractivity contribution is -0.150. The number of nitrogen functional groups attached to an aromatic ring is 1. The van der Waals surface area contributed by atoms with E-state index in [2.05, 4.69) is 40.7 Å². The number of aliphatic hydroxyl groups excluding tert-OH is 1. The zero-order valence-corrected chi connectivity index (χ0v) is 26.8. The normalized spacial score (nSPS) is 18.3. The van der Waals surface area contributed by atoms with E-state index in [1.54, 1.807) is 20.8 Å². The first kappa shape index (κ1) is 33.9. The molecule has 4 heterocycles. The van der Waals surface area contributed by atoms with E-state index in [1.807, 2.05) is 0 Å². The molecule has 0 aromatic carbocycles. The minimum atomic E-state index is -1.29. The Labute approximate surface area is 268 Å². The summed E-state index contributed by atoms with van der Waals surface area (Å²) < 4.78 is 10.6. The number of nitrogens with zero attached hydrogens (tertiary/aromatic N) is 8. The van der Waals surface area contributed by atoms with Crippen molar-refractivity contribution in [3.8, 4) is 0 Å². The summed E-state index contributed by atoms with van der Waals surface area (Å²) in [5, 5.41) is 39.2. The highest BCUT2D eigenvalue weighted by Gasteiger charge is 2.54. The van der Waals surface area contributed by atoms with Crippen LogP contribution in [-0.4, -0.2) is 123 Å². The van der Waals surface area contributed by atoms with E-state index in [0.29, 0.717) is 17.2 Å². The number of aliphatic carboxylic acids is 1. The number of carbonyl (C=O) groups excluding carboxylic acids is 3. The summed E-state index contributed by atoms with van der Waals surface area (Å²) >= 11 is 3.29. The number of carboxylic acids is 1. The highest BCUT2D eigenvalue weighted by Crippen LogP contribution is 2.41. The number of amides is 3. The summed E-state index contributed by atoms with van der Waals surface area (Å²) in [6.07, 6.45) is -0.250. The molecule has 19 nitrogen and oxygen atoms in total. The Morgan fingerprint density at radius 1 is 1.29 bits per heavy atom. The Bertz CT molecular complexity index is 1490. The molecule has 22 heteroatoms. The second kappa shape index (κ2) is 14.8. The first-order chi connectivity index (χ1) is 21.4. The Morgan fingerprint density at radius 2 is 2.07 bits per heavy atom. The van der Waals surface area contributed by atoms with Gasteiger partial charge in [0, 0.05) is 36.0 Å². The number of oxime groups is 1. The fourth-order valence-corrected chi connectivity index (χ4v) is 6.78. The van der Waals surface area contributed by atoms with Crippen LogP contribution in [0.4, 0.5) is 9.93 Å². The fourth-order valence-electron chi connectivity index (χ4n) is 3.96. The molecule has 2 unspecified atom stereocenters. The number of anilines is 1. The fraction of sp³-hybridized carbons (Fsp3) is 0.565. The smallest absolute Gasteiger partial charge is 0.407 e. The second-order valence-corrected chi connectivity index (χ2v) is 13.2. The maximum Gasteiger partial charge on any atom is 0.407 e. The van der Waals surface area contributed by atoms with Crippen LogP contribution < -0.4 is 16.4 Å². The molecule has 0 saturated carbocycles. The maximum absolute atomic E-state index is 13.3. The van der Waals surface area contributed by atoms with Gasteiger partial charge in [-0.25, -0.2) is 14.3 Å². The SMILES string of the molecule is CC(C)(C)OC(=O)NCCCO/N=C(/C(=O)NC1C(=O)N2C(C(=O)O)=C(CSc3nnnn3CCO)CSC12)c1nsc(N)n1. The van der Waals surface area contributed by atoms with Crippen molar-refractivity contribution in [2.75, 3.05) is 37.0 Å². The van der Waals surface area contributed by atoms with Crippen molar-refractivity contribution in [3.05, 3.63) is 17.1 Å². The van der Waals surface area contributed by atoms with Gasteiger partial charge < -0.3 is 36.2 Å². The van der Waals surface area contributed by atoms with Gasteiger partial charge in [0.05, 0.1) is 13.2 Å². The van der Waals surface area contributed by atoms with Gasteiger partial charge in [-0.1, -0.05) is 16.9 Å². The van der Waals surface area contributed by atoms with Crippen LogP contribution in [-0.2, 0) is 30.5 Å². The molecule has 0 aliphatic carbocycles. The molecule has 4 rings (SSSR count). The van der Waals surface area contributed by atoms with Gasteiger partial charge in [-0.2, -0.15) is 9.36 Å². The van der Waals surface area contributed by atoms with Crippen molar-refractivity contribution in [3.63, 3.8) is 0 Å². The first-order valence-electron chi connectivity index (χ1n) is 13.4. The van der Waals surface area contributed by atoms with Crippen LogP contribution in [0.5, 0.6) is 0 Å². The van der Waals surface area contributed by atoms with Gasteiger partial charge in [-0.15, -0.1) is 16.9 Å². The summed E-state index contributed by atoms with van der Waals surface area (Å²) in [4.78, 5) is 60.8. The number of tetrazole rings is 1. The van der Waals surface area contributed by atoms with Gasteiger partial charge >= 0.3 is 12.1 Å². The lowest BCUT2D eigenvalue weighted by Crippen LogP contribution is -2.71. The van der Waals surface area contributed by atoms with E-state index < -0.39 is 40.9 Å². The van der Waals surface area contributed by atoms with Crippen LogP contribution in [0, 0.1) is 0 Å². The molecule has 2 aliphatic rings. The second-order valence-electron chi connectivity index (χ2n) is 10.3. The number of aliphatic hydroxyl groups is 1. The minimum Gasteiger partial charge on any atom is -0.477 e. The van der Waals surface area contributed by atoms with Crippen LogP contribution in [0.1, 0.15) is 33.0 Å². The van der Waals surface area contributed by atoms with E-state index in [0.717, 1.165) is 16.4 Å². The summed E-state index contributed by atoms with van der Waals surface area (Å²) in [6, 6.07) is -1.05. The highest BCUT2D eigenvalue weighted by atomic mass is 32.2. The van der Waals surface area contributed by atoms with Crippen molar-refractivity contribution in [2.24, 2.45) is 5.16 Å². The van der Waals surface area contributed by atoms with Crippen LogP contribution in [0.25, 0.3) is 0 Å². The average molecular weight is 686 g/mol. The number of nitrogens with two attached hydrogens (primary N) is 1. The number of rotatable bonds is 14. The summed E-state index contributed by atoms with van der Waals surface area (Å²) in [7, 11) is 0. The molecule has 2 atom stereocenters. The summed E-state index contributed by atoms with van der Waals surface area (Å²) in [5.74, 6) is -2.39. The number of β-lactam (4-membered cyclic amide) rings is 1. The van der Waals surface area contributed by atoms with Crippen molar-refractivity contribution >= 4 is 69.8 Å². The number of hydrogen-bond acceptors (Lipinski definition) is 17. The third-order valence-electron chi connectivity index (χ3n) is 5.83. The van der Waals surface area contributed by atoms with E-state index >= 15 is 0 Å². The molecule has 1 saturated heterocycles. The largest absolute Gasteiger partial charge is 0.477 e. The van der Waals surface area contributed by atoms with Crippen LogP contribution >= 0.6 is 35.1 Å². The Morgan fingerprint density at radius 3 is 2.73 bits per heavy atom. The molecule has 244 valence electrons. The van der Waals surface area contributed by atoms with Gasteiger partial charge in [-0.3, -0.25) is 14.5 Å². The third kappa shape index (κ3) is 8.58. The number of fused-ring (bicyclic) bond motifs is 1. The number of carbonyl (C=O) groups is 4. The number of aromatic nitrogens is 6. The number of alkyl carbamates (subject to hydrolysis) is 1. The molecule has 0 radical (unpaired) electrons. The van der Waals surface area contributed by atoms with Gasteiger partial charge in [0.15, 0.2) is 5.13 Å². The minimum absolute atomic E-state index is 0.0146. The quantitative estimate of drug-likeness (QED) is 0.0539. The van der Waals surface area contributed by atoms with Crippen molar-refractivity contribution in [1.82, 2.24) is 45.1 Å². The lowest BCUT2D eigenvalue weighted by Gasteiger charge is -2.49. The number of thioether (sulfide) groups is 2. The van der Waals surface area contributed by atoms with E-state index in [-0.39, 0.29) is 60.2 Å². The molecule has 0 spiro atoms. The zero-order chi connectivity index (χ0) is 32.7. The average Bonchev–Trinajstić information content (AvgIpc) is 3.61. The molecule has 3 amide bonds. The van der Waals surface area contributed by atoms with Crippen LogP contribution in [0.3, 0.4) is 0 Å². The molecule has 6 N–H and O–H groups in total. The van der Waals surface area contributed by atoms with Gasteiger partial charge in [0.25, 0.3) is 11.8 Å².